The van der Waals surface area contributed by atoms with Crippen molar-refractivity contribution in [1.82, 2.24) is 9.78 Å². The zero-order chi connectivity index (χ0) is 19.7. The predicted octanol–water partition coefficient (Wildman–Crippen LogP) is 1.39. The number of hydrogen-bond donors (Lipinski definition) is 1. The molecular formula is C19H22FN5O3. The topological polar surface area (TPSA) is 79.7 Å². The average molecular weight is 387 g/mol. The molecule has 9 heteroatoms. The third-order valence-corrected chi connectivity index (χ3v) is 5.06. The number of anilines is 3. The molecule has 0 radical (unpaired) electrons. The Labute approximate surface area is 161 Å². The minimum Gasteiger partial charge on any atom is -0.378 e. The smallest absolute Gasteiger partial charge is 0.229 e. The molecule has 8 nitrogen and oxygen atoms in total. The highest BCUT2D eigenvalue weighted by molar-refractivity contribution is 6.03. The van der Waals surface area contributed by atoms with Crippen molar-refractivity contribution in [1.29, 1.82) is 0 Å². The Morgan fingerprint density at radius 1 is 1.32 bits per heavy atom. The highest BCUT2D eigenvalue weighted by Crippen LogP contribution is 2.28. The Kier molecular flexibility index (Phi) is 4.99. The van der Waals surface area contributed by atoms with E-state index in [1.54, 1.807) is 35.1 Å². The van der Waals surface area contributed by atoms with Crippen molar-refractivity contribution in [3.05, 3.63) is 36.4 Å². The second kappa shape index (κ2) is 7.59. The van der Waals surface area contributed by atoms with E-state index in [1.165, 1.54) is 12.1 Å². The number of hydrogen-bond acceptors (Lipinski definition) is 5. The van der Waals surface area contributed by atoms with Gasteiger partial charge in [-0.3, -0.25) is 14.3 Å². The molecule has 3 heterocycles. The first kappa shape index (κ1) is 18.4. The van der Waals surface area contributed by atoms with E-state index in [2.05, 4.69) is 10.4 Å². The number of rotatable bonds is 4. The lowest BCUT2D eigenvalue weighted by molar-refractivity contribution is -0.122. The van der Waals surface area contributed by atoms with Gasteiger partial charge in [0, 0.05) is 45.0 Å². The average Bonchev–Trinajstić information content (AvgIpc) is 3.29. The van der Waals surface area contributed by atoms with Crippen molar-refractivity contribution in [3.63, 3.8) is 0 Å². The summed E-state index contributed by atoms with van der Waals surface area (Å²) in [6.07, 6.45) is 3.48. The van der Waals surface area contributed by atoms with Crippen LogP contribution in [0.15, 0.2) is 30.6 Å². The second-order valence-corrected chi connectivity index (χ2v) is 7.03. The zero-order valence-corrected chi connectivity index (χ0v) is 15.6. The van der Waals surface area contributed by atoms with Gasteiger partial charge < -0.3 is 19.9 Å². The normalized spacial score (nSPS) is 19.9. The molecule has 148 valence electrons. The molecule has 4 rings (SSSR count). The van der Waals surface area contributed by atoms with Crippen molar-refractivity contribution >= 4 is 28.9 Å². The van der Waals surface area contributed by atoms with Crippen LogP contribution in [0.1, 0.15) is 6.42 Å². The lowest BCUT2D eigenvalue weighted by Gasteiger charge is -2.29. The lowest BCUT2D eigenvalue weighted by atomic mass is 10.1. The summed E-state index contributed by atoms with van der Waals surface area (Å²) in [6.45, 7) is 2.60. The van der Waals surface area contributed by atoms with E-state index in [0.29, 0.717) is 49.9 Å². The molecule has 0 aliphatic carbocycles. The van der Waals surface area contributed by atoms with Gasteiger partial charge in [0.05, 0.1) is 36.7 Å². The maximum atomic E-state index is 14.2. The molecular weight excluding hydrogens is 365 g/mol. The Morgan fingerprint density at radius 3 is 2.82 bits per heavy atom. The van der Waals surface area contributed by atoms with Gasteiger partial charge in [-0.05, 0) is 18.2 Å². The number of amides is 2. The fourth-order valence-corrected chi connectivity index (χ4v) is 3.56. The van der Waals surface area contributed by atoms with Crippen LogP contribution in [0.3, 0.4) is 0 Å². The minimum absolute atomic E-state index is 0.110. The first-order valence-corrected chi connectivity index (χ1v) is 9.23. The summed E-state index contributed by atoms with van der Waals surface area (Å²) < 4.78 is 21.1. The van der Waals surface area contributed by atoms with Crippen molar-refractivity contribution in [2.45, 2.75) is 6.42 Å². The third kappa shape index (κ3) is 3.70. The number of aryl methyl sites for hydroxylation is 1. The van der Waals surface area contributed by atoms with Gasteiger partial charge in [-0.15, -0.1) is 0 Å². The van der Waals surface area contributed by atoms with Crippen molar-refractivity contribution in [2.24, 2.45) is 13.0 Å². The summed E-state index contributed by atoms with van der Waals surface area (Å²) in [5, 5.41) is 6.89. The van der Waals surface area contributed by atoms with E-state index in [0.717, 1.165) is 0 Å². The van der Waals surface area contributed by atoms with Gasteiger partial charge in [-0.25, -0.2) is 4.39 Å². The molecule has 2 aliphatic heterocycles. The van der Waals surface area contributed by atoms with Crippen LogP contribution >= 0.6 is 0 Å². The minimum atomic E-state index is -0.468. The molecule has 0 spiro atoms. The molecule has 2 saturated heterocycles. The number of ether oxygens (including phenoxy) is 1. The van der Waals surface area contributed by atoms with Crippen LogP contribution in [-0.2, 0) is 21.4 Å². The van der Waals surface area contributed by atoms with Crippen LogP contribution < -0.4 is 15.1 Å². The van der Waals surface area contributed by atoms with Crippen LogP contribution in [0, 0.1) is 11.7 Å². The van der Waals surface area contributed by atoms with E-state index in [1.807, 2.05) is 4.90 Å². The maximum Gasteiger partial charge on any atom is 0.229 e. The molecule has 1 aromatic carbocycles. The first-order chi connectivity index (χ1) is 13.5. The van der Waals surface area contributed by atoms with Crippen molar-refractivity contribution in [2.75, 3.05) is 48.0 Å². The molecule has 1 aromatic heterocycles. The predicted molar refractivity (Wildman–Crippen MR) is 102 cm³/mol. The van der Waals surface area contributed by atoms with E-state index in [9.17, 15) is 14.0 Å². The molecule has 1 atom stereocenters. The molecule has 0 bridgehead atoms. The largest absolute Gasteiger partial charge is 0.378 e. The number of halogens is 1. The Bertz CT molecular complexity index is 893. The molecule has 2 aromatic rings. The van der Waals surface area contributed by atoms with Gasteiger partial charge >= 0.3 is 0 Å². The van der Waals surface area contributed by atoms with Crippen LogP contribution in [-0.4, -0.2) is 54.4 Å². The van der Waals surface area contributed by atoms with E-state index in [4.69, 9.17) is 4.74 Å². The third-order valence-electron chi connectivity index (χ3n) is 5.06. The SMILES string of the molecule is Cn1cc(N2CC(C(=O)Nc3ccc(F)c(N4CCOCC4)c3)CC2=O)cn1. The number of morpholine rings is 1. The summed E-state index contributed by atoms with van der Waals surface area (Å²) in [5.74, 6) is -1.16. The number of carbonyl (C=O) groups is 2. The van der Waals surface area contributed by atoms with Crippen LogP contribution in [0.25, 0.3) is 0 Å². The quantitative estimate of drug-likeness (QED) is 0.858. The maximum absolute atomic E-state index is 14.2. The van der Waals surface area contributed by atoms with Crippen LogP contribution in [0.4, 0.5) is 21.5 Å². The molecule has 28 heavy (non-hydrogen) atoms. The standard InChI is InChI=1S/C19H22FN5O3/c1-23-12-15(10-21-23)25-11-13(8-18(25)26)19(27)22-14-2-3-16(20)17(9-14)24-4-6-28-7-5-24/h2-3,9-10,12-13H,4-8,11H2,1H3,(H,22,27). The highest BCUT2D eigenvalue weighted by atomic mass is 19.1. The Hall–Kier alpha value is -2.94. The molecule has 2 amide bonds. The van der Waals surface area contributed by atoms with Crippen LogP contribution in [0.2, 0.25) is 0 Å². The highest BCUT2D eigenvalue weighted by Gasteiger charge is 2.35. The summed E-state index contributed by atoms with van der Waals surface area (Å²) in [4.78, 5) is 28.4. The second-order valence-electron chi connectivity index (χ2n) is 7.03. The first-order valence-electron chi connectivity index (χ1n) is 9.23. The fourth-order valence-electron chi connectivity index (χ4n) is 3.56. The number of nitrogens with zero attached hydrogens (tertiary/aromatic N) is 4. The lowest BCUT2D eigenvalue weighted by Crippen LogP contribution is -2.36. The molecule has 2 aliphatic rings. The molecule has 1 unspecified atom stereocenters. The summed E-state index contributed by atoms with van der Waals surface area (Å²) >= 11 is 0. The summed E-state index contributed by atoms with van der Waals surface area (Å²) in [6, 6.07) is 4.52. The van der Waals surface area contributed by atoms with Gasteiger partial charge in [-0.1, -0.05) is 0 Å². The van der Waals surface area contributed by atoms with Gasteiger partial charge in [0.15, 0.2) is 0 Å². The summed E-state index contributed by atoms with van der Waals surface area (Å²) in [5.41, 5.74) is 1.64. The zero-order valence-electron chi connectivity index (χ0n) is 15.6. The molecule has 1 N–H and O–H groups in total. The molecule has 2 fully saturated rings. The van der Waals surface area contributed by atoms with Gasteiger partial charge in [-0.2, -0.15) is 5.10 Å². The Balaban J connectivity index is 1.44. The monoisotopic (exact) mass is 387 g/mol. The number of nitrogens with one attached hydrogen (secondary N) is 1. The Morgan fingerprint density at radius 2 is 2.11 bits per heavy atom. The molecule has 0 saturated carbocycles. The van der Waals surface area contributed by atoms with Gasteiger partial charge in [0.2, 0.25) is 11.8 Å². The summed E-state index contributed by atoms with van der Waals surface area (Å²) in [7, 11) is 1.77. The van der Waals surface area contributed by atoms with Crippen LogP contribution in [0.5, 0.6) is 0 Å². The van der Waals surface area contributed by atoms with Gasteiger partial charge in [0.25, 0.3) is 0 Å². The number of aromatic nitrogens is 2. The fraction of sp³-hybridized carbons (Fsp3) is 0.421. The van der Waals surface area contributed by atoms with E-state index in [-0.39, 0.29) is 24.1 Å². The van der Waals surface area contributed by atoms with Crippen molar-refractivity contribution < 1.29 is 18.7 Å². The van der Waals surface area contributed by atoms with Gasteiger partial charge in [0.1, 0.15) is 5.82 Å². The number of carbonyl (C=O) groups excluding carboxylic acids is 2. The van der Waals surface area contributed by atoms with E-state index < -0.39 is 5.92 Å². The van der Waals surface area contributed by atoms with E-state index >= 15 is 0 Å². The number of benzene rings is 1. The van der Waals surface area contributed by atoms with Crippen molar-refractivity contribution in [3.8, 4) is 0 Å².